The molecule has 1 aromatic heterocycles. The van der Waals surface area contributed by atoms with Gasteiger partial charge in [0.2, 0.25) is 0 Å². The number of aromatic nitrogens is 2. The van der Waals surface area contributed by atoms with Crippen molar-refractivity contribution in [1.29, 1.82) is 0 Å². The zero-order chi connectivity index (χ0) is 13.8. The molecule has 0 fully saturated rings. The maximum Gasteiger partial charge on any atom is 0.273 e. The molecule has 2 aromatic rings. The highest BCUT2D eigenvalue weighted by molar-refractivity contribution is 5.39. The number of hydrogen-bond acceptors (Lipinski definition) is 4. The number of hydrogen-bond donors (Lipinski definition) is 0. The lowest BCUT2D eigenvalue weighted by Crippen LogP contribution is -2.07. The normalized spacial score (nSPS) is 10.4. The number of ether oxygens (including phenoxy) is 1. The molecule has 0 aliphatic heterocycles. The number of halogens is 1. The summed E-state index contributed by atoms with van der Waals surface area (Å²) in [5, 5.41) is 14.6. The zero-order valence-corrected chi connectivity index (χ0v) is 10.2. The summed E-state index contributed by atoms with van der Waals surface area (Å²) in [6.07, 6.45) is 2.20. The number of non-ortho nitro benzene ring substituents is 1. The van der Waals surface area contributed by atoms with Gasteiger partial charge in [0.05, 0.1) is 17.6 Å². The van der Waals surface area contributed by atoms with Crippen molar-refractivity contribution in [3.63, 3.8) is 0 Å². The summed E-state index contributed by atoms with van der Waals surface area (Å²) in [4.78, 5) is 10.00. The smallest absolute Gasteiger partial charge is 0.273 e. The summed E-state index contributed by atoms with van der Waals surface area (Å²) in [7, 11) is 1.79. The summed E-state index contributed by atoms with van der Waals surface area (Å²) < 4.78 is 20.3. The number of rotatable bonds is 5. The summed E-state index contributed by atoms with van der Waals surface area (Å²) in [6, 6.07) is 5.03. The lowest BCUT2D eigenvalue weighted by Gasteiger charge is -2.07. The SMILES string of the molecule is Cn1nccc1CCOc1cc([N+](=O)[O-])ccc1F. The highest BCUT2D eigenvalue weighted by Crippen LogP contribution is 2.23. The van der Waals surface area contributed by atoms with Crippen LogP contribution in [-0.2, 0) is 13.5 Å². The minimum Gasteiger partial charge on any atom is -0.490 e. The van der Waals surface area contributed by atoms with Gasteiger partial charge in [0.25, 0.3) is 5.69 Å². The van der Waals surface area contributed by atoms with Gasteiger partial charge in [-0.15, -0.1) is 0 Å². The van der Waals surface area contributed by atoms with E-state index in [1.54, 1.807) is 17.9 Å². The van der Waals surface area contributed by atoms with Crippen molar-refractivity contribution >= 4 is 5.69 Å². The maximum absolute atomic E-state index is 13.4. The number of nitrogens with zero attached hydrogens (tertiary/aromatic N) is 3. The predicted molar refractivity (Wildman–Crippen MR) is 65.5 cm³/mol. The van der Waals surface area contributed by atoms with Crippen molar-refractivity contribution in [3.05, 3.63) is 52.1 Å². The first-order chi connectivity index (χ1) is 9.08. The molecule has 0 amide bonds. The fraction of sp³-hybridized carbons (Fsp3) is 0.250. The first kappa shape index (κ1) is 13.0. The van der Waals surface area contributed by atoms with Gasteiger partial charge in [0, 0.05) is 31.4 Å². The molecule has 0 spiro atoms. The van der Waals surface area contributed by atoms with E-state index >= 15 is 0 Å². The molecular formula is C12H12FN3O3. The van der Waals surface area contributed by atoms with E-state index in [9.17, 15) is 14.5 Å². The van der Waals surface area contributed by atoms with E-state index in [-0.39, 0.29) is 18.0 Å². The van der Waals surface area contributed by atoms with Crippen LogP contribution >= 0.6 is 0 Å². The predicted octanol–water partition coefficient (Wildman–Crippen LogP) is 2.09. The van der Waals surface area contributed by atoms with E-state index in [0.717, 1.165) is 23.9 Å². The number of nitro benzene ring substituents is 1. The van der Waals surface area contributed by atoms with Gasteiger partial charge in [0.15, 0.2) is 11.6 Å². The van der Waals surface area contributed by atoms with Crippen LogP contribution in [0.3, 0.4) is 0 Å². The Labute approximate surface area is 108 Å². The molecule has 1 heterocycles. The van der Waals surface area contributed by atoms with E-state index < -0.39 is 10.7 Å². The number of nitro groups is 1. The molecule has 0 bridgehead atoms. The summed E-state index contributed by atoms with van der Waals surface area (Å²) in [6.45, 7) is 0.220. The van der Waals surface area contributed by atoms with Crippen molar-refractivity contribution in [1.82, 2.24) is 9.78 Å². The molecular weight excluding hydrogens is 253 g/mol. The van der Waals surface area contributed by atoms with E-state index in [4.69, 9.17) is 4.74 Å². The molecule has 0 N–H and O–H groups in total. The monoisotopic (exact) mass is 265 g/mol. The Hall–Kier alpha value is -2.44. The van der Waals surface area contributed by atoms with Crippen LogP contribution in [0.5, 0.6) is 5.75 Å². The van der Waals surface area contributed by atoms with Crippen LogP contribution < -0.4 is 4.74 Å². The van der Waals surface area contributed by atoms with Crippen molar-refractivity contribution in [2.75, 3.05) is 6.61 Å². The largest absolute Gasteiger partial charge is 0.490 e. The standard InChI is InChI=1S/C12H12FN3O3/c1-15-9(4-6-14-15)5-7-19-12-8-10(16(17)18)2-3-11(12)13/h2-4,6,8H,5,7H2,1H3. The van der Waals surface area contributed by atoms with E-state index in [1.165, 1.54) is 0 Å². The highest BCUT2D eigenvalue weighted by Gasteiger charge is 2.12. The van der Waals surface area contributed by atoms with Crippen LogP contribution in [0.1, 0.15) is 5.69 Å². The lowest BCUT2D eigenvalue weighted by molar-refractivity contribution is -0.385. The van der Waals surface area contributed by atoms with E-state index in [0.29, 0.717) is 6.42 Å². The molecule has 0 saturated heterocycles. The molecule has 1 aromatic carbocycles. The fourth-order valence-corrected chi connectivity index (χ4v) is 1.63. The Bertz CT molecular complexity index is 598. The average Bonchev–Trinajstić information content (AvgIpc) is 2.77. The molecule has 7 heteroatoms. The van der Waals surface area contributed by atoms with Gasteiger partial charge in [-0.3, -0.25) is 14.8 Å². The second-order valence-corrected chi connectivity index (χ2v) is 3.92. The Balaban J connectivity index is 2.01. The Kier molecular flexibility index (Phi) is 3.74. The Morgan fingerprint density at radius 2 is 2.26 bits per heavy atom. The van der Waals surface area contributed by atoms with Crippen LogP contribution in [0.25, 0.3) is 0 Å². The van der Waals surface area contributed by atoms with Crippen LogP contribution in [0.2, 0.25) is 0 Å². The fourth-order valence-electron chi connectivity index (χ4n) is 1.63. The molecule has 0 atom stereocenters. The van der Waals surface area contributed by atoms with E-state index in [1.807, 2.05) is 6.07 Å². The zero-order valence-electron chi connectivity index (χ0n) is 10.2. The summed E-state index contributed by atoms with van der Waals surface area (Å²) in [5.41, 5.74) is 0.739. The molecule has 0 aliphatic carbocycles. The third-order valence-electron chi connectivity index (χ3n) is 2.66. The van der Waals surface area contributed by atoms with Gasteiger partial charge in [-0.1, -0.05) is 0 Å². The first-order valence-electron chi connectivity index (χ1n) is 5.61. The minimum absolute atomic E-state index is 0.114. The average molecular weight is 265 g/mol. The van der Waals surface area contributed by atoms with Crippen molar-refractivity contribution in [3.8, 4) is 5.75 Å². The summed E-state index contributed by atoms with van der Waals surface area (Å²) >= 11 is 0. The molecule has 0 aliphatic rings. The third kappa shape index (κ3) is 3.06. The lowest BCUT2D eigenvalue weighted by atomic mass is 10.3. The molecule has 100 valence electrons. The van der Waals surface area contributed by atoms with Gasteiger partial charge in [-0.2, -0.15) is 5.10 Å². The van der Waals surface area contributed by atoms with Crippen LogP contribution in [0, 0.1) is 15.9 Å². The van der Waals surface area contributed by atoms with Gasteiger partial charge in [-0.25, -0.2) is 4.39 Å². The second-order valence-electron chi connectivity index (χ2n) is 3.92. The third-order valence-corrected chi connectivity index (χ3v) is 2.66. The Morgan fingerprint density at radius 1 is 1.47 bits per heavy atom. The highest BCUT2D eigenvalue weighted by atomic mass is 19.1. The topological polar surface area (TPSA) is 70.2 Å². The van der Waals surface area contributed by atoms with Crippen LogP contribution in [-0.4, -0.2) is 21.3 Å². The Morgan fingerprint density at radius 3 is 2.89 bits per heavy atom. The molecule has 0 radical (unpaired) electrons. The van der Waals surface area contributed by atoms with Crippen LogP contribution in [0.15, 0.2) is 30.5 Å². The molecule has 6 nitrogen and oxygen atoms in total. The van der Waals surface area contributed by atoms with Gasteiger partial charge in [0.1, 0.15) is 0 Å². The van der Waals surface area contributed by atoms with Gasteiger partial charge < -0.3 is 4.74 Å². The van der Waals surface area contributed by atoms with E-state index in [2.05, 4.69) is 5.10 Å². The minimum atomic E-state index is -0.615. The maximum atomic E-state index is 13.4. The molecule has 0 saturated carbocycles. The second kappa shape index (κ2) is 5.47. The van der Waals surface area contributed by atoms with Gasteiger partial charge >= 0.3 is 0 Å². The summed E-state index contributed by atoms with van der Waals surface area (Å²) in [5.74, 6) is -0.730. The van der Waals surface area contributed by atoms with Crippen molar-refractivity contribution < 1.29 is 14.1 Å². The van der Waals surface area contributed by atoms with Crippen molar-refractivity contribution in [2.24, 2.45) is 7.05 Å². The number of aryl methyl sites for hydroxylation is 1. The molecule has 19 heavy (non-hydrogen) atoms. The quantitative estimate of drug-likeness (QED) is 0.613. The first-order valence-corrected chi connectivity index (χ1v) is 5.61. The molecule has 0 unspecified atom stereocenters. The van der Waals surface area contributed by atoms with Crippen LogP contribution in [0.4, 0.5) is 10.1 Å². The van der Waals surface area contributed by atoms with Gasteiger partial charge in [-0.05, 0) is 12.1 Å². The number of benzene rings is 1. The van der Waals surface area contributed by atoms with Crippen molar-refractivity contribution in [2.45, 2.75) is 6.42 Å². The molecule has 2 rings (SSSR count).